The van der Waals surface area contributed by atoms with Crippen molar-refractivity contribution in [1.29, 1.82) is 0 Å². The van der Waals surface area contributed by atoms with Crippen LogP contribution in [0.15, 0.2) is 42.5 Å². The van der Waals surface area contributed by atoms with Gasteiger partial charge >= 0.3 is 0 Å². The first kappa shape index (κ1) is 20.3. The first-order chi connectivity index (χ1) is 13.6. The standard InChI is InChI=1S/C23H33N5/c1-19(2)11-12-24-22-18-23(26-20(3)25-22)28-16-14-27(15-17-28)13-7-10-21-8-5-4-6-9-21/h4-10,18-19H,11-17H2,1-3H3,(H,24,25,26)/b10-7+. The van der Waals surface area contributed by atoms with Gasteiger partial charge in [-0.25, -0.2) is 9.97 Å². The zero-order chi connectivity index (χ0) is 19.8. The van der Waals surface area contributed by atoms with Crippen molar-refractivity contribution in [2.24, 2.45) is 5.92 Å². The van der Waals surface area contributed by atoms with Crippen LogP contribution in [-0.2, 0) is 0 Å². The highest BCUT2D eigenvalue weighted by molar-refractivity contribution is 5.50. The number of hydrogen-bond acceptors (Lipinski definition) is 5. The molecule has 0 atom stereocenters. The van der Waals surface area contributed by atoms with Crippen LogP contribution in [0, 0.1) is 12.8 Å². The highest BCUT2D eigenvalue weighted by Crippen LogP contribution is 2.18. The Labute approximate surface area is 169 Å². The second-order valence-electron chi connectivity index (χ2n) is 7.87. The molecule has 1 fully saturated rings. The Morgan fingerprint density at radius 3 is 2.54 bits per heavy atom. The number of aromatic nitrogens is 2. The lowest BCUT2D eigenvalue weighted by Gasteiger charge is -2.35. The molecule has 1 N–H and O–H groups in total. The fourth-order valence-electron chi connectivity index (χ4n) is 3.35. The van der Waals surface area contributed by atoms with Gasteiger partial charge in [-0.1, -0.05) is 56.3 Å². The van der Waals surface area contributed by atoms with Crippen molar-refractivity contribution in [3.8, 4) is 0 Å². The Morgan fingerprint density at radius 2 is 1.82 bits per heavy atom. The van der Waals surface area contributed by atoms with E-state index in [9.17, 15) is 0 Å². The molecule has 0 radical (unpaired) electrons. The summed E-state index contributed by atoms with van der Waals surface area (Å²) in [5.41, 5.74) is 1.26. The van der Waals surface area contributed by atoms with E-state index >= 15 is 0 Å². The molecular weight excluding hydrogens is 346 g/mol. The fourth-order valence-corrected chi connectivity index (χ4v) is 3.35. The van der Waals surface area contributed by atoms with Crippen molar-refractivity contribution in [2.75, 3.05) is 49.5 Å². The van der Waals surface area contributed by atoms with Crippen LogP contribution in [0.25, 0.3) is 6.08 Å². The van der Waals surface area contributed by atoms with Gasteiger partial charge in [-0.15, -0.1) is 0 Å². The fraction of sp³-hybridized carbons (Fsp3) is 0.478. The smallest absolute Gasteiger partial charge is 0.134 e. The minimum Gasteiger partial charge on any atom is -0.370 e. The van der Waals surface area contributed by atoms with Crippen LogP contribution in [0.3, 0.4) is 0 Å². The largest absolute Gasteiger partial charge is 0.370 e. The van der Waals surface area contributed by atoms with Crippen molar-refractivity contribution >= 4 is 17.7 Å². The van der Waals surface area contributed by atoms with Crippen LogP contribution in [0.5, 0.6) is 0 Å². The maximum Gasteiger partial charge on any atom is 0.134 e. The van der Waals surface area contributed by atoms with Crippen molar-refractivity contribution in [3.63, 3.8) is 0 Å². The SMILES string of the molecule is Cc1nc(NCCC(C)C)cc(N2CCN(C/C=C/c3ccccc3)CC2)n1. The summed E-state index contributed by atoms with van der Waals surface area (Å²) in [6.45, 7) is 12.5. The van der Waals surface area contributed by atoms with E-state index in [0.717, 1.165) is 63.1 Å². The predicted molar refractivity (Wildman–Crippen MR) is 119 cm³/mol. The van der Waals surface area contributed by atoms with Crippen molar-refractivity contribution in [3.05, 3.63) is 53.9 Å². The first-order valence-corrected chi connectivity index (χ1v) is 10.4. The zero-order valence-corrected chi connectivity index (χ0v) is 17.4. The summed E-state index contributed by atoms with van der Waals surface area (Å²) in [7, 11) is 0. The molecule has 0 amide bonds. The molecule has 28 heavy (non-hydrogen) atoms. The molecule has 5 nitrogen and oxygen atoms in total. The molecule has 3 rings (SSSR count). The van der Waals surface area contributed by atoms with Crippen molar-refractivity contribution in [1.82, 2.24) is 14.9 Å². The van der Waals surface area contributed by atoms with Crippen LogP contribution in [0.2, 0.25) is 0 Å². The molecule has 5 heteroatoms. The lowest BCUT2D eigenvalue weighted by Crippen LogP contribution is -2.46. The topological polar surface area (TPSA) is 44.3 Å². The number of nitrogens with zero attached hydrogens (tertiary/aromatic N) is 4. The Bertz CT molecular complexity index is 749. The van der Waals surface area contributed by atoms with Crippen molar-refractivity contribution in [2.45, 2.75) is 27.2 Å². The molecule has 0 spiro atoms. The molecule has 1 aromatic heterocycles. The third-order valence-electron chi connectivity index (χ3n) is 5.02. The average Bonchev–Trinajstić information content (AvgIpc) is 2.69. The van der Waals surface area contributed by atoms with E-state index < -0.39 is 0 Å². The molecule has 1 aliphatic rings. The third-order valence-corrected chi connectivity index (χ3v) is 5.02. The second-order valence-corrected chi connectivity index (χ2v) is 7.87. The monoisotopic (exact) mass is 379 g/mol. The molecule has 0 bridgehead atoms. The van der Waals surface area contributed by atoms with Gasteiger partial charge in [0.05, 0.1) is 0 Å². The van der Waals surface area contributed by atoms with Gasteiger partial charge < -0.3 is 10.2 Å². The van der Waals surface area contributed by atoms with Gasteiger partial charge in [-0.3, -0.25) is 4.90 Å². The van der Waals surface area contributed by atoms with E-state index in [1.165, 1.54) is 5.56 Å². The van der Waals surface area contributed by atoms with E-state index in [4.69, 9.17) is 0 Å². The van der Waals surface area contributed by atoms with Crippen molar-refractivity contribution < 1.29 is 0 Å². The van der Waals surface area contributed by atoms with E-state index in [1.807, 2.05) is 6.92 Å². The molecule has 150 valence electrons. The number of nitrogens with one attached hydrogen (secondary N) is 1. The third kappa shape index (κ3) is 6.34. The first-order valence-electron chi connectivity index (χ1n) is 10.4. The maximum absolute atomic E-state index is 4.67. The molecule has 1 aliphatic heterocycles. The zero-order valence-electron chi connectivity index (χ0n) is 17.4. The molecule has 2 aromatic rings. The normalized spacial score (nSPS) is 15.5. The minimum absolute atomic E-state index is 0.693. The lowest BCUT2D eigenvalue weighted by atomic mass is 10.1. The molecule has 1 aromatic carbocycles. The molecule has 0 saturated carbocycles. The Morgan fingerprint density at radius 1 is 1.07 bits per heavy atom. The number of aryl methyl sites for hydroxylation is 1. The number of anilines is 2. The maximum atomic E-state index is 4.67. The Kier molecular flexibility index (Phi) is 7.43. The summed E-state index contributed by atoms with van der Waals surface area (Å²) in [6.07, 6.45) is 5.61. The van der Waals surface area contributed by atoms with E-state index in [0.29, 0.717) is 5.92 Å². The summed E-state index contributed by atoms with van der Waals surface area (Å²) in [6, 6.07) is 12.6. The Balaban J connectivity index is 1.50. The quantitative estimate of drug-likeness (QED) is 0.749. The van der Waals surface area contributed by atoms with E-state index in [-0.39, 0.29) is 0 Å². The number of piperazine rings is 1. The van der Waals surface area contributed by atoms with Crippen LogP contribution in [0.4, 0.5) is 11.6 Å². The van der Waals surface area contributed by atoms with Gasteiger partial charge in [0, 0.05) is 45.3 Å². The van der Waals surface area contributed by atoms with Crippen LogP contribution < -0.4 is 10.2 Å². The molecule has 2 heterocycles. The summed E-state index contributed by atoms with van der Waals surface area (Å²) in [5, 5.41) is 3.45. The summed E-state index contributed by atoms with van der Waals surface area (Å²) < 4.78 is 0. The highest BCUT2D eigenvalue weighted by atomic mass is 15.3. The van der Waals surface area contributed by atoms with Gasteiger partial charge in [-0.2, -0.15) is 0 Å². The summed E-state index contributed by atoms with van der Waals surface area (Å²) in [5.74, 6) is 3.51. The lowest BCUT2D eigenvalue weighted by molar-refractivity contribution is 0.283. The second kappa shape index (κ2) is 10.2. The van der Waals surface area contributed by atoms with Crippen LogP contribution >= 0.6 is 0 Å². The molecule has 1 saturated heterocycles. The van der Waals surface area contributed by atoms with Gasteiger partial charge in [-0.05, 0) is 24.8 Å². The number of benzene rings is 1. The predicted octanol–water partition coefficient (Wildman–Crippen LogP) is 4.08. The van der Waals surface area contributed by atoms with Crippen LogP contribution in [-0.4, -0.2) is 54.1 Å². The number of rotatable bonds is 8. The minimum atomic E-state index is 0.693. The highest BCUT2D eigenvalue weighted by Gasteiger charge is 2.18. The van der Waals surface area contributed by atoms with E-state index in [1.54, 1.807) is 0 Å². The summed E-state index contributed by atoms with van der Waals surface area (Å²) >= 11 is 0. The molecular formula is C23H33N5. The number of hydrogen-bond donors (Lipinski definition) is 1. The van der Waals surface area contributed by atoms with Gasteiger partial charge in [0.15, 0.2) is 0 Å². The molecule has 0 unspecified atom stereocenters. The van der Waals surface area contributed by atoms with E-state index in [2.05, 4.69) is 87.5 Å². The molecule has 0 aliphatic carbocycles. The van der Waals surface area contributed by atoms with Crippen LogP contribution in [0.1, 0.15) is 31.7 Å². The average molecular weight is 380 g/mol. The summed E-state index contributed by atoms with van der Waals surface area (Å²) in [4.78, 5) is 14.1. The van der Waals surface area contributed by atoms with Gasteiger partial charge in [0.2, 0.25) is 0 Å². The Hall–Kier alpha value is -2.40. The van der Waals surface area contributed by atoms with Gasteiger partial charge in [0.1, 0.15) is 17.5 Å². The van der Waals surface area contributed by atoms with Gasteiger partial charge in [0.25, 0.3) is 0 Å².